The number of hydrogen-bond donors (Lipinski definition) is 2. The molecule has 1 aromatic heterocycles. The largest absolute Gasteiger partial charge is 0.336 e. The van der Waals surface area contributed by atoms with Crippen LogP contribution in [0, 0.1) is 0 Å². The summed E-state index contributed by atoms with van der Waals surface area (Å²) < 4.78 is 0. The zero-order chi connectivity index (χ0) is 18.6. The number of thiophene rings is 1. The number of aryl methyl sites for hydroxylation is 1. The molecule has 0 bridgehead atoms. The quantitative estimate of drug-likeness (QED) is 0.817. The van der Waals surface area contributed by atoms with Gasteiger partial charge in [-0.1, -0.05) is 24.3 Å². The molecule has 2 aromatic rings. The van der Waals surface area contributed by atoms with Gasteiger partial charge in [-0.2, -0.15) is 11.3 Å². The molecule has 0 aliphatic heterocycles. The number of amides is 2. The van der Waals surface area contributed by atoms with Crippen LogP contribution in [0.4, 0.5) is 4.79 Å². The second-order valence-electron chi connectivity index (χ2n) is 7.63. The number of carbonyl (C=O) groups excluding carboxylic acids is 1. The number of nitrogens with one attached hydrogen (secondary N) is 2. The lowest BCUT2D eigenvalue weighted by Crippen LogP contribution is -2.57. The standard InChI is InChI=1S/C21H29N3OS/c1-16(12-17-9-11-26-14-17)23-20(25)22-15-21(24(2)3)10-8-18-6-4-5-7-19(18)13-21/h4-7,9,11,14,16H,8,10,12-13,15H2,1-3H3,(H2,22,23,25). The summed E-state index contributed by atoms with van der Waals surface area (Å²) >= 11 is 1.69. The van der Waals surface area contributed by atoms with Crippen molar-refractivity contribution in [3.05, 3.63) is 57.8 Å². The van der Waals surface area contributed by atoms with Crippen LogP contribution >= 0.6 is 11.3 Å². The average Bonchev–Trinajstić information content (AvgIpc) is 3.12. The Bertz CT molecular complexity index is 729. The van der Waals surface area contributed by atoms with E-state index in [0.717, 1.165) is 25.7 Å². The van der Waals surface area contributed by atoms with Crippen molar-refractivity contribution in [2.45, 2.75) is 44.2 Å². The Labute approximate surface area is 160 Å². The molecule has 3 rings (SSSR count). The highest BCUT2D eigenvalue weighted by Crippen LogP contribution is 2.31. The zero-order valence-corrected chi connectivity index (χ0v) is 16.7. The van der Waals surface area contributed by atoms with Gasteiger partial charge in [0.15, 0.2) is 0 Å². The van der Waals surface area contributed by atoms with Crippen molar-refractivity contribution in [3.8, 4) is 0 Å². The van der Waals surface area contributed by atoms with Crippen LogP contribution in [-0.2, 0) is 19.3 Å². The maximum atomic E-state index is 12.4. The fourth-order valence-corrected chi connectivity index (χ4v) is 4.49. The molecule has 4 nitrogen and oxygen atoms in total. The molecule has 2 amide bonds. The van der Waals surface area contributed by atoms with Crippen LogP contribution in [0.2, 0.25) is 0 Å². The summed E-state index contributed by atoms with van der Waals surface area (Å²) in [5.41, 5.74) is 4.10. The Morgan fingerprint density at radius 1 is 1.27 bits per heavy atom. The first-order valence-corrected chi connectivity index (χ1v) is 10.2. The van der Waals surface area contributed by atoms with Crippen LogP contribution in [0.5, 0.6) is 0 Å². The lowest BCUT2D eigenvalue weighted by Gasteiger charge is -2.43. The molecule has 0 fully saturated rings. The SMILES string of the molecule is CC(Cc1ccsc1)NC(=O)NCC1(N(C)C)CCc2ccccc2C1. The van der Waals surface area contributed by atoms with Crippen molar-refractivity contribution in [3.63, 3.8) is 0 Å². The van der Waals surface area contributed by atoms with Crippen LogP contribution in [0.3, 0.4) is 0 Å². The van der Waals surface area contributed by atoms with Gasteiger partial charge in [0, 0.05) is 18.1 Å². The Kier molecular flexibility index (Phi) is 5.99. The summed E-state index contributed by atoms with van der Waals surface area (Å²) in [5, 5.41) is 10.4. The van der Waals surface area contributed by atoms with E-state index in [2.05, 4.69) is 77.6 Å². The van der Waals surface area contributed by atoms with Crippen molar-refractivity contribution in [1.82, 2.24) is 15.5 Å². The Morgan fingerprint density at radius 2 is 2.04 bits per heavy atom. The highest BCUT2D eigenvalue weighted by molar-refractivity contribution is 7.07. The first kappa shape index (κ1) is 18.9. The molecule has 1 aromatic carbocycles. The van der Waals surface area contributed by atoms with E-state index in [1.807, 2.05) is 0 Å². The summed E-state index contributed by atoms with van der Waals surface area (Å²) in [6.45, 7) is 2.71. The molecular formula is C21H29N3OS. The van der Waals surface area contributed by atoms with E-state index < -0.39 is 0 Å². The second-order valence-corrected chi connectivity index (χ2v) is 8.41. The molecular weight excluding hydrogens is 342 g/mol. The predicted molar refractivity (Wildman–Crippen MR) is 109 cm³/mol. The van der Waals surface area contributed by atoms with Crippen LogP contribution in [0.1, 0.15) is 30.0 Å². The fourth-order valence-electron chi connectivity index (χ4n) is 3.81. The van der Waals surface area contributed by atoms with Gasteiger partial charge in [0.1, 0.15) is 0 Å². The van der Waals surface area contributed by atoms with Crippen LogP contribution < -0.4 is 10.6 Å². The van der Waals surface area contributed by atoms with Crippen molar-refractivity contribution in [1.29, 1.82) is 0 Å². The van der Waals surface area contributed by atoms with Gasteiger partial charge in [-0.05, 0) is 80.2 Å². The molecule has 0 saturated heterocycles. The number of hydrogen-bond acceptors (Lipinski definition) is 3. The Morgan fingerprint density at radius 3 is 2.73 bits per heavy atom. The van der Waals surface area contributed by atoms with E-state index in [-0.39, 0.29) is 17.6 Å². The van der Waals surface area contributed by atoms with Crippen LogP contribution in [0.15, 0.2) is 41.1 Å². The summed E-state index contributed by atoms with van der Waals surface area (Å²) in [4.78, 5) is 14.7. The van der Waals surface area contributed by atoms with Crippen molar-refractivity contribution in [2.75, 3.05) is 20.6 Å². The highest BCUT2D eigenvalue weighted by Gasteiger charge is 2.36. The molecule has 1 aliphatic carbocycles. The number of benzene rings is 1. The van der Waals surface area contributed by atoms with Crippen LogP contribution in [-0.4, -0.2) is 43.2 Å². The molecule has 140 valence electrons. The minimum Gasteiger partial charge on any atom is -0.336 e. The molecule has 0 saturated carbocycles. The third-order valence-electron chi connectivity index (χ3n) is 5.52. The van der Waals surface area contributed by atoms with Crippen molar-refractivity contribution < 1.29 is 4.79 Å². The monoisotopic (exact) mass is 371 g/mol. The number of rotatable bonds is 6. The van der Waals surface area contributed by atoms with E-state index in [1.165, 1.54) is 16.7 Å². The van der Waals surface area contributed by atoms with E-state index in [4.69, 9.17) is 0 Å². The maximum Gasteiger partial charge on any atom is 0.315 e. The van der Waals surface area contributed by atoms with Crippen molar-refractivity contribution >= 4 is 17.4 Å². The lowest BCUT2D eigenvalue weighted by molar-refractivity contribution is 0.129. The molecule has 1 heterocycles. The molecule has 0 spiro atoms. The van der Waals surface area contributed by atoms with E-state index in [1.54, 1.807) is 11.3 Å². The van der Waals surface area contributed by atoms with Gasteiger partial charge < -0.3 is 15.5 Å². The predicted octanol–water partition coefficient (Wildman–Crippen LogP) is 3.47. The molecule has 5 heteroatoms. The number of likely N-dealkylation sites (N-methyl/N-ethyl adjacent to an activating group) is 1. The summed E-state index contributed by atoms with van der Waals surface area (Å²) in [5.74, 6) is 0. The second kappa shape index (κ2) is 8.23. The summed E-state index contributed by atoms with van der Waals surface area (Å²) in [6.07, 6.45) is 3.96. The van der Waals surface area contributed by atoms with Crippen molar-refractivity contribution in [2.24, 2.45) is 0 Å². The fraction of sp³-hybridized carbons (Fsp3) is 0.476. The molecule has 26 heavy (non-hydrogen) atoms. The first-order chi connectivity index (χ1) is 12.5. The van der Waals surface area contributed by atoms with Gasteiger partial charge in [0.2, 0.25) is 0 Å². The number of urea groups is 1. The molecule has 2 atom stereocenters. The highest BCUT2D eigenvalue weighted by atomic mass is 32.1. The molecule has 2 unspecified atom stereocenters. The summed E-state index contributed by atoms with van der Waals surface area (Å²) in [7, 11) is 4.24. The minimum atomic E-state index is -0.0761. The lowest BCUT2D eigenvalue weighted by atomic mass is 9.77. The first-order valence-electron chi connectivity index (χ1n) is 9.28. The molecule has 2 N–H and O–H groups in total. The van der Waals surface area contributed by atoms with Gasteiger partial charge in [0.25, 0.3) is 0 Å². The number of fused-ring (bicyclic) bond motifs is 1. The van der Waals surface area contributed by atoms with E-state index in [0.29, 0.717) is 6.54 Å². The van der Waals surface area contributed by atoms with Gasteiger partial charge in [-0.15, -0.1) is 0 Å². The maximum absolute atomic E-state index is 12.4. The minimum absolute atomic E-state index is 0.0255. The summed E-state index contributed by atoms with van der Waals surface area (Å²) in [6, 6.07) is 10.8. The molecule has 1 aliphatic rings. The normalized spacial score (nSPS) is 20.5. The topological polar surface area (TPSA) is 44.4 Å². The van der Waals surface area contributed by atoms with Gasteiger partial charge in [-0.3, -0.25) is 0 Å². The Balaban J connectivity index is 1.56. The van der Waals surface area contributed by atoms with E-state index >= 15 is 0 Å². The zero-order valence-electron chi connectivity index (χ0n) is 15.9. The number of carbonyl (C=O) groups is 1. The third kappa shape index (κ3) is 4.46. The van der Waals surface area contributed by atoms with Gasteiger partial charge in [-0.25, -0.2) is 4.79 Å². The van der Waals surface area contributed by atoms with Gasteiger partial charge >= 0.3 is 6.03 Å². The molecule has 0 radical (unpaired) electrons. The number of nitrogens with zero attached hydrogens (tertiary/aromatic N) is 1. The Hall–Kier alpha value is -1.85. The third-order valence-corrected chi connectivity index (χ3v) is 6.26. The van der Waals surface area contributed by atoms with E-state index in [9.17, 15) is 4.79 Å². The average molecular weight is 372 g/mol. The van der Waals surface area contributed by atoms with Gasteiger partial charge in [0.05, 0.1) is 0 Å². The smallest absolute Gasteiger partial charge is 0.315 e. The van der Waals surface area contributed by atoms with Crippen LogP contribution in [0.25, 0.3) is 0 Å².